The lowest BCUT2D eigenvalue weighted by atomic mass is 10.00. The number of hydrogen-bond donors (Lipinski definition) is 2. The molecule has 0 aliphatic carbocycles. The van der Waals surface area contributed by atoms with Gasteiger partial charge >= 0.3 is 0 Å². The van der Waals surface area contributed by atoms with Gasteiger partial charge in [0.25, 0.3) is 0 Å². The minimum atomic E-state index is -0.500. The van der Waals surface area contributed by atoms with Crippen LogP contribution in [0.3, 0.4) is 0 Å². The molecule has 4 rings (SSSR count). The van der Waals surface area contributed by atoms with E-state index in [2.05, 4.69) is 46.2 Å². The van der Waals surface area contributed by atoms with Crippen molar-refractivity contribution in [1.29, 1.82) is 0 Å². The lowest BCUT2D eigenvalue weighted by Crippen LogP contribution is -2.38. The Hall–Kier alpha value is -1.92. The van der Waals surface area contributed by atoms with Crippen LogP contribution in [-0.4, -0.2) is 65.0 Å². The molecule has 1 saturated heterocycles. The van der Waals surface area contributed by atoms with Crippen LogP contribution in [0.1, 0.15) is 29.5 Å². The normalized spacial score (nSPS) is 19.7. The molecule has 0 unspecified atom stereocenters. The first-order valence-electron chi connectivity index (χ1n) is 10.7. The largest absolute Gasteiger partial charge is 0.491 e. The molecule has 5 nitrogen and oxygen atoms in total. The zero-order valence-corrected chi connectivity index (χ0v) is 17.0. The smallest absolute Gasteiger partial charge is 0.119 e. The molecule has 1 fully saturated rings. The van der Waals surface area contributed by atoms with Crippen molar-refractivity contribution in [1.82, 2.24) is 9.80 Å². The van der Waals surface area contributed by atoms with Crippen molar-refractivity contribution < 1.29 is 14.9 Å². The standard InChI is InChI=1S/C24H32N2O3/c27-22-10-13-25(14-11-22)15-19-5-7-24(8-6-19)29-18-23(28)17-26-12-9-20-3-1-2-4-21(20)16-26/h1-8,22-23,27-28H,9-18H2/t23-/m0/s1. The molecule has 0 saturated carbocycles. The zero-order chi connectivity index (χ0) is 20.1. The third kappa shape index (κ3) is 5.80. The first kappa shape index (κ1) is 20.4. The van der Waals surface area contributed by atoms with Gasteiger partial charge in [-0.25, -0.2) is 0 Å². The summed E-state index contributed by atoms with van der Waals surface area (Å²) in [5.41, 5.74) is 4.04. The summed E-state index contributed by atoms with van der Waals surface area (Å²) in [4.78, 5) is 4.68. The number of aliphatic hydroxyl groups excluding tert-OH is 2. The molecule has 0 aromatic heterocycles. The van der Waals surface area contributed by atoms with Gasteiger partial charge in [-0.1, -0.05) is 36.4 Å². The molecule has 156 valence electrons. The minimum absolute atomic E-state index is 0.131. The second-order valence-electron chi connectivity index (χ2n) is 8.37. The van der Waals surface area contributed by atoms with E-state index in [9.17, 15) is 10.2 Å². The molecule has 2 heterocycles. The lowest BCUT2D eigenvalue weighted by Gasteiger charge is -2.30. The van der Waals surface area contributed by atoms with Crippen LogP contribution in [0.4, 0.5) is 0 Å². The maximum absolute atomic E-state index is 10.4. The number of hydrogen-bond acceptors (Lipinski definition) is 5. The summed E-state index contributed by atoms with van der Waals surface area (Å²) in [5.74, 6) is 0.797. The van der Waals surface area contributed by atoms with Crippen molar-refractivity contribution in [2.24, 2.45) is 0 Å². The Labute approximate surface area is 173 Å². The number of fused-ring (bicyclic) bond motifs is 1. The van der Waals surface area contributed by atoms with Crippen LogP contribution in [0, 0.1) is 0 Å². The van der Waals surface area contributed by atoms with Gasteiger partial charge in [-0.05, 0) is 48.1 Å². The molecule has 2 N–H and O–H groups in total. The lowest BCUT2D eigenvalue weighted by molar-refractivity contribution is 0.0637. The fourth-order valence-electron chi connectivity index (χ4n) is 4.28. The van der Waals surface area contributed by atoms with Crippen LogP contribution >= 0.6 is 0 Å². The molecule has 0 spiro atoms. The van der Waals surface area contributed by atoms with E-state index in [0.717, 1.165) is 57.7 Å². The first-order chi connectivity index (χ1) is 14.2. The van der Waals surface area contributed by atoms with Crippen LogP contribution < -0.4 is 4.74 Å². The number of benzene rings is 2. The second kappa shape index (κ2) is 9.72. The second-order valence-corrected chi connectivity index (χ2v) is 8.37. The fourth-order valence-corrected chi connectivity index (χ4v) is 4.28. The summed E-state index contributed by atoms with van der Waals surface area (Å²) >= 11 is 0. The first-order valence-corrected chi connectivity index (χ1v) is 10.7. The van der Waals surface area contributed by atoms with Crippen molar-refractivity contribution in [2.75, 3.05) is 32.8 Å². The highest BCUT2D eigenvalue weighted by molar-refractivity contribution is 5.29. The third-order valence-electron chi connectivity index (χ3n) is 6.01. The highest BCUT2D eigenvalue weighted by Gasteiger charge is 2.19. The molecule has 2 aliphatic rings. The van der Waals surface area contributed by atoms with Crippen molar-refractivity contribution in [3.63, 3.8) is 0 Å². The summed E-state index contributed by atoms with van der Waals surface area (Å²) in [6, 6.07) is 16.7. The van der Waals surface area contributed by atoms with Crippen LogP contribution in [0.5, 0.6) is 5.75 Å². The Morgan fingerprint density at radius 1 is 0.931 bits per heavy atom. The van der Waals surface area contributed by atoms with Crippen LogP contribution in [0.15, 0.2) is 48.5 Å². The predicted molar refractivity (Wildman–Crippen MR) is 114 cm³/mol. The highest BCUT2D eigenvalue weighted by atomic mass is 16.5. The van der Waals surface area contributed by atoms with Gasteiger partial charge in [0.05, 0.1) is 6.10 Å². The number of rotatable bonds is 7. The monoisotopic (exact) mass is 396 g/mol. The maximum Gasteiger partial charge on any atom is 0.119 e. The van der Waals surface area contributed by atoms with Crippen molar-refractivity contribution in [2.45, 2.75) is 44.6 Å². The van der Waals surface area contributed by atoms with E-state index in [4.69, 9.17) is 4.74 Å². The topological polar surface area (TPSA) is 56.2 Å². The number of likely N-dealkylation sites (tertiary alicyclic amines) is 1. The Morgan fingerprint density at radius 2 is 1.66 bits per heavy atom. The van der Waals surface area contributed by atoms with E-state index in [1.807, 2.05) is 12.1 Å². The molecule has 0 amide bonds. The number of piperidine rings is 1. The zero-order valence-electron chi connectivity index (χ0n) is 17.0. The van der Waals surface area contributed by atoms with E-state index < -0.39 is 6.10 Å². The summed E-state index contributed by atoms with van der Waals surface area (Å²) in [5, 5.41) is 20.0. The molecular weight excluding hydrogens is 364 g/mol. The fraction of sp³-hybridized carbons (Fsp3) is 0.500. The van der Waals surface area contributed by atoms with E-state index in [0.29, 0.717) is 13.2 Å². The molecule has 0 bridgehead atoms. The number of β-amino-alcohol motifs (C(OH)–C–C–N with tert-alkyl or cyclic N) is 1. The van der Waals surface area contributed by atoms with Gasteiger partial charge in [0.2, 0.25) is 0 Å². The summed E-state index contributed by atoms with van der Waals surface area (Å²) in [6.07, 6.45) is 2.14. The molecule has 29 heavy (non-hydrogen) atoms. The van der Waals surface area contributed by atoms with Crippen molar-refractivity contribution >= 4 is 0 Å². The molecular formula is C24H32N2O3. The Bertz CT molecular complexity index is 772. The van der Waals surface area contributed by atoms with Gasteiger partial charge in [-0.2, -0.15) is 0 Å². The molecule has 2 aromatic carbocycles. The molecule has 0 radical (unpaired) electrons. The minimum Gasteiger partial charge on any atom is -0.491 e. The summed E-state index contributed by atoms with van der Waals surface area (Å²) < 4.78 is 5.81. The average Bonchev–Trinajstić information content (AvgIpc) is 2.75. The van der Waals surface area contributed by atoms with Gasteiger partial charge in [0.15, 0.2) is 0 Å². The Kier molecular flexibility index (Phi) is 6.82. The van der Waals surface area contributed by atoms with Crippen LogP contribution in [0.2, 0.25) is 0 Å². The number of ether oxygens (including phenoxy) is 1. The number of nitrogens with zero attached hydrogens (tertiary/aromatic N) is 2. The summed E-state index contributed by atoms with van der Waals surface area (Å²) in [7, 11) is 0. The third-order valence-corrected chi connectivity index (χ3v) is 6.01. The molecule has 2 aromatic rings. The van der Waals surface area contributed by atoms with E-state index >= 15 is 0 Å². The molecule has 1 atom stereocenters. The quantitative estimate of drug-likeness (QED) is 0.753. The predicted octanol–water partition coefficient (Wildman–Crippen LogP) is 2.44. The average molecular weight is 397 g/mol. The van der Waals surface area contributed by atoms with Gasteiger partial charge in [0.1, 0.15) is 18.5 Å². The van der Waals surface area contributed by atoms with E-state index in [1.165, 1.54) is 16.7 Å². The van der Waals surface area contributed by atoms with Gasteiger partial charge < -0.3 is 14.9 Å². The van der Waals surface area contributed by atoms with Crippen molar-refractivity contribution in [3.8, 4) is 5.75 Å². The Morgan fingerprint density at radius 3 is 2.41 bits per heavy atom. The Balaban J connectivity index is 1.20. The van der Waals surface area contributed by atoms with E-state index in [-0.39, 0.29) is 6.10 Å². The highest BCUT2D eigenvalue weighted by Crippen LogP contribution is 2.19. The molecule has 5 heteroatoms. The van der Waals surface area contributed by atoms with Crippen LogP contribution in [0.25, 0.3) is 0 Å². The van der Waals surface area contributed by atoms with Crippen molar-refractivity contribution in [3.05, 3.63) is 65.2 Å². The van der Waals surface area contributed by atoms with E-state index in [1.54, 1.807) is 0 Å². The molecule has 2 aliphatic heterocycles. The summed E-state index contributed by atoms with van der Waals surface area (Å²) in [6.45, 7) is 5.63. The van der Waals surface area contributed by atoms with Gasteiger partial charge in [-0.15, -0.1) is 0 Å². The van der Waals surface area contributed by atoms with Gasteiger partial charge in [-0.3, -0.25) is 9.80 Å². The van der Waals surface area contributed by atoms with Gasteiger partial charge in [0, 0.05) is 39.3 Å². The number of aliphatic hydroxyl groups is 2. The maximum atomic E-state index is 10.4. The van der Waals surface area contributed by atoms with Crippen LogP contribution in [-0.2, 0) is 19.5 Å². The SMILES string of the molecule is OC1CCN(Cc2ccc(OC[C@@H](O)CN3CCc4ccccc4C3)cc2)CC1.